The summed E-state index contributed by atoms with van der Waals surface area (Å²) in [6.07, 6.45) is 3.77. The van der Waals surface area contributed by atoms with Crippen LogP contribution in [0.15, 0.2) is 0 Å². The van der Waals surface area contributed by atoms with Crippen LogP contribution in [0.4, 0.5) is 0 Å². The van der Waals surface area contributed by atoms with Crippen LogP contribution in [-0.4, -0.2) is 18.7 Å². The molecule has 1 unspecified atom stereocenters. The highest BCUT2D eigenvalue weighted by Crippen LogP contribution is 2.06. The van der Waals surface area contributed by atoms with E-state index < -0.39 is 0 Å². The molecule has 1 atom stereocenters. The maximum absolute atomic E-state index is 11.1. The molecule has 0 spiro atoms. The average molecular weight is 171 g/mol. The smallest absolute Gasteiger partial charge is 0.223 e. The van der Waals surface area contributed by atoms with Crippen molar-refractivity contribution in [1.82, 2.24) is 5.32 Å². The van der Waals surface area contributed by atoms with Crippen LogP contribution in [0.2, 0.25) is 0 Å². The minimum atomic E-state index is -0.0180. The Bertz CT molecular complexity index is 145. The van der Waals surface area contributed by atoms with Crippen LogP contribution < -0.4 is 5.32 Å². The first kappa shape index (κ1) is 11.1. The van der Waals surface area contributed by atoms with E-state index in [-0.39, 0.29) is 18.4 Å². The zero-order valence-electron chi connectivity index (χ0n) is 7.80. The van der Waals surface area contributed by atoms with E-state index in [1.807, 2.05) is 6.92 Å². The summed E-state index contributed by atoms with van der Waals surface area (Å²) in [6, 6.07) is 0. The number of hydrogen-bond acceptors (Lipinski definition) is 2. The summed E-state index contributed by atoms with van der Waals surface area (Å²) >= 11 is 0. The Morgan fingerprint density at radius 1 is 1.58 bits per heavy atom. The van der Waals surface area contributed by atoms with Gasteiger partial charge in [0.15, 0.2) is 0 Å². The van der Waals surface area contributed by atoms with Gasteiger partial charge >= 0.3 is 0 Å². The van der Waals surface area contributed by atoms with Crippen molar-refractivity contribution in [1.29, 1.82) is 0 Å². The van der Waals surface area contributed by atoms with E-state index >= 15 is 0 Å². The van der Waals surface area contributed by atoms with Gasteiger partial charge in [0.25, 0.3) is 0 Å². The lowest BCUT2D eigenvalue weighted by molar-refractivity contribution is -0.125. The van der Waals surface area contributed by atoms with Gasteiger partial charge < -0.3 is 10.1 Å². The highest BCUT2D eigenvalue weighted by molar-refractivity contribution is 5.80. The lowest BCUT2D eigenvalue weighted by Crippen LogP contribution is -2.30. The highest BCUT2D eigenvalue weighted by atomic mass is 16.2. The standard InChI is InChI=1S/C9H17NO2/c1-3-4-5-8(2)9(12)10-6-7-11/h7-8H,3-6H2,1-2H3,(H,10,12). The van der Waals surface area contributed by atoms with Crippen LogP contribution in [0.1, 0.15) is 33.1 Å². The molecule has 12 heavy (non-hydrogen) atoms. The molecule has 0 bridgehead atoms. The monoisotopic (exact) mass is 171 g/mol. The van der Waals surface area contributed by atoms with Gasteiger partial charge in [-0.15, -0.1) is 0 Å². The maximum atomic E-state index is 11.1. The maximum Gasteiger partial charge on any atom is 0.223 e. The quantitative estimate of drug-likeness (QED) is 0.609. The fourth-order valence-electron chi connectivity index (χ4n) is 0.958. The number of hydrogen-bond donors (Lipinski definition) is 1. The third kappa shape index (κ3) is 4.88. The van der Waals surface area contributed by atoms with Gasteiger partial charge in [-0.3, -0.25) is 4.79 Å². The van der Waals surface area contributed by atoms with Crippen LogP contribution in [0.3, 0.4) is 0 Å². The van der Waals surface area contributed by atoms with E-state index in [1.165, 1.54) is 0 Å². The molecule has 1 amide bonds. The first-order chi connectivity index (χ1) is 5.72. The third-order valence-electron chi connectivity index (χ3n) is 1.80. The summed E-state index contributed by atoms with van der Waals surface area (Å²) in [6.45, 7) is 4.11. The van der Waals surface area contributed by atoms with E-state index in [1.54, 1.807) is 0 Å². The molecule has 70 valence electrons. The Morgan fingerprint density at radius 3 is 2.75 bits per heavy atom. The van der Waals surface area contributed by atoms with Crippen molar-refractivity contribution in [3.63, 3.8) is 0 Å². The van der Waals surface area contributed by atoms with E-state index in [0.717, 1.165) is 19.3 Å². The molecular formula is C9H17NO2. The molecule has 0 radical (unpaired) electrons. The summed E-state index contributed by atoms with van der Waals surface area (Å²) in [5, 5.41) is 2.53. The van der Waals surface area contributed by atoms with Crippen LogP contribution >= 0.6 is 0 Å². The molecule has 0 rings (SSSR count). The number of carbonyl (C=O) groups is 2. The van der Waals surface area contributed by atoms with Gasteiger partial charge in [-0.1, -0.05) is 26.7 Å². The first-order valence-corrected chi connectivity index (χ1v) is 4.43. The number of aldehydes is 1. The predicted octanol–water partition coefficient (Wildman–Crippen LogP) is 1.13. The normalized spacial score (nSPS) is 12.2. The van der Waals surface area contributed by atoms with Crippen molar-refractivity contribution >= 4 is 12.2 Å². The molecule has 3 heteroatoms. The van der Waals surface area contributed by atoms with E-state index in [0.29, 0.717) is 6.29 Å². The second kappa shape index (κ2) is 6.83. The van der Waals surface area contributed by atoms with Gasteiger partial charge in [0.2, 0.25) is 5.91 Å². The second-order valence-electron chi connectivity index (χ2n) is 2.96. The molecule has 0 aliphatic rings. The van der Waals surface area contributed by atoms with E-state index in [4.69, 9.17) is 0 Å². The van der Waals surface area contributed by atoms with Gasteiger partial charge in [0.05, 0.1) is 6.54 Å². The first-order valence-electron chi connectivity index (χ1n) is 4.43. The van der Waals surface area contributed by atoms with Crippen molar-refractivity contribution in [2.24, 2.45) is 5.92 Å². The fourth-order valence-corrected chi connectivity index (χ4v) is 0.958. The molecule has 0 heterocycles. The molecule has 0 aromatic carbocycles. The van der Waals surface area contributed by atoms with Crippen molar-refractivity contribution in [3.05, 3.63) is 0 Å². The number of nitrogens with one attached hydrogen (secondary N) is 1. The Morgan fingerprint density at radius 2 is 2.25 bits per heavy atom. The molecule has 0 aliphatic heterocycles. The van der Waals surface area contributed by atoms with Crippen molar-refractivity contribution in [2.45, 2.75) is 33.1 Å². The highest BCUT2D eigenvalue weighted by Gasteiger charge is 2.10. The summed E-state index contributed by atoms with van der Waals surface area (Å²) < 4.78 is 0. The van der Waals surface area contributed by atoms with Crippen molar-refractivity contribution in [2.75, 3.05) is 6.54 Å². The minimum absolute atomic E-state index is 0.0180. The number of rotatable bonds is 6. The SMILES string of the molecule is CCCCC(C)C(=O)NCC=O. The summed E-state index contributed by atoms with van der Waals surface area (Å²) in [5.74, 6) is 0.0143. The van der Waals surface area contributed by atoms with Crippen LogP contribution in [0.5, 0.6) is 0 Å². The third-order valence-corrected chi connectivity index (χ3v) is 1.80. The van der Waals surface area contributed by atoms with Crippen LogP contribution in [-0.2, 0) is 9.59 Å². The fraction of sp³-hybridized carbons (Fsp3) is 0.778. The summed E-state index contributed by atoms with van der Waals surface area (Å²) in [4.78, 5) is 21.1. The van der Waals surface area contributed by atoms with Gasteiger partial charge in [0.1, 0.15) is 6.29 Å². The molecule has 0 saturated heterocycles. The van der Waals surface area contributed by atoms with Gasteiger partial charge in [-0.2, -0.15) is 0 Å². The van der Waals surface area contributed by atoms with E-state index in [2.05, 4.69) is 12.2 Å². The lowest BCUT2D eigenvalue weighted by atomic mass is 10.0. The van der Waals surface area contributed by atoms with Gasteiger partial charge in [-0.05, 0) is 6.42 Å². The molecular weight excluding hydrogens is 154 g/mol. The largest absolute Gasteiger partial charge is 0.349 e. The van der Waals surface area contributed by atoms with Crippen molar-refractivity contribution in [3.8, 4) is 0 Å². The molecule has 3 nitrogen and oxygen atoms in total. The van der Waals surface area contributed by atoms with Crippen LogP contribution in [0, 0.1) is 5.92 Å². The van der Waals surface area contributed by atoms with Crippen LogP contribution in [0.25, 0.3) is 0 Å². The molecule has 0 aromatic heterocycles. The Hall–Kier alpha value is -0.860. The predicted molar refractivity (Wildman–Crippen MR) is 47.8 cm³/mol. The van der Waals surface area contributed by atoms with E-state index in [9.17, 15) is 9.59 Å². The number of unbranched alkanes of at least 4 members (excludes halogenated alkanes) is 1. The Labute approximate surface area is 73.5 Å². The Balaban J connectivity index is 3.53. The zero-order chi connectivity index (χ0) is 9.40. The van der Waals surface area contributed by atoms with Gasteiger partial charge in [0, 0.05) is 5.92 Å². The Kier molecular flexibility index (Phi) is 6.34. The molecule has 0 saturated carbocycles. The molecule has 0 aliphatic carbocycles. The average Bonchev–Trinajstić information content (AvgIpc) is 2.10. The zero-order valence-corrected chi connectivity index (χ0v) is 7.80. The second-order valence-corrected chi connectivity index (χ2v) is 2.96. The summed E-state index contributed by atoms with van der Waals surface area (Å²) in [5.41, 5.74) is 0. The van der Waals surface area contributed by atoms with Crippen molar-refractivity contribution < 1.29 is 9.59 Å². The minimum Gasteiger partial charge on any atom is -0.349 e. The number of carbonyl (C=O) groups excluding carboxylic acids is 2. The lowest BCUT2D eigenvalue weighted by Gasteiger charge is -2.08. The topological polar surface area (TPSA) is 46.2 Å². The molecule has 0 aromatic rings. The molecule has 0 fully saturated rings. The summed E-state index contributed by atoms with van der Waals surface area (Å²) in [7, 11) is 0. The van der Waals surface area contributed by atoms with Gasteiger partial charge in [-0.25, -0.2) is 0 Å². The molecule has 1 N–H and O–H groups in total. The number of amides is 1.